The molecule has 0 aliphatic rings. The SMILES string of the molecule is CCCCCCCCCCCCn1ccc(CC)c1. The first-order chi connectivity index (χ1) is 9.36. The van der Waals surface area contributed by atoms with Gasteiger partial charge in [0.05, 0.1) is 0 Å². The predicted octanol–water partition coefficient (Wildman–Crippen LogP) is 5.97. The summed E-state index contributed by atoms with van der Waals surface area (Å²) in [5.41, 5.74) is 1.46. The first-order valence-electron chi connectivity index (χ1n) is 8.51. The van der Waals surface area contributed by atoms with E-state index in [9.17, 15) is 0 Å². The zero-order valence-corrected chi connectivity index (χ0v) is 13.2. The number of unbranched alkanes of at least 4 members (excludes halogenated alkanes) is 9. The van der Waals surface area contributed by atoms with Crippen molar-refractivity contribution in [3.8, 4) is 0 Å². The number of aromatic nitrogens is 1. The van der Waals surface area contributed by atoms with Gasteiger partial charge in [-0.3, -0.25) is 0 Å². The van der Waals surface area contributed by atoms with E-state index in [1.807, 2.05) is 0 Å². The molecule has 0 aliphatic carbocycles. The molecule has 0 spiro atoms. The Hall–Kier alpha value is -0.720. The van der Waals surface area contributed by atoms with Crippen molar-refractivity contribution in [1.29, 1.82) is 0 Å². The first kappa shape index (κ1) is 16.3. The van der Waals surface area contributed by atoms with Gasteiger partial charge in [-0.25, -0.2) is 0 Å². The number of rotatable bonds is 12. The molecule has 0 fully saturated rings. The van der Waals surface area contributed by atoms with E-state index in [1.54, 1.807) is 0 Å². The van der Waals surface area contributed by atoms with Gasteiger partial charge in [-0.15, -0.1) is 0 Å². The fourth-order valence-electron chi connectivity index (χ4n) is 2.62. The monoisotopic (exact) mass is 263 g/mol. The van der Waals surface area contributed by atoms with E-state index >= 15 is 0 Å². The second kappa shape index (κ2) is 11.1. The summed E-state index contributed by atoms with van der Waals surface area (Å²) in [6.07, 6.45) is 19.9. The van der Waals surface area contributed by atoms with Crippen LogP contribution in [0.1, 0.15) is 83.6 Å². The van der Waals surface area contributed by atoms with Gasteiger partial charge in [-0.2, -0.15) is 0 Å². The first-order valence-corrected chi connectivity index (χ1v) is 8.51. The van der Waals surface area contributed by atoms with Crippen LogP contribution in [0.3, 0.4) is 0 Å². The smallest absolute Gasteiger partial charge is 0.0219 e. The van der Waals surface area contributed by atoms with Crippen LogP contribution in [0.4, 0.5) is 0 Å². The Bertz CT molecular complexity index is 300. The van der Waals surface area contributed by atoms with Crippen LogP contribution in [0.25, 0.3) is 0 Å². The van der Waals surface area contributed by atoms with Gasteiger partial charge >= 0.3 is 0 Å². The largest absolute Gasteiger partial charge is 0.354 e. The summed E-state index contributed by atoms with van der Waals surface area (Å²) < 4.78 is 2.35. The fourth-order valence-corrected chi connectivity index (χ4v) is 2.62. The fraction of sp³-hybridized carbons (Fsp3) is 0.778. The molecule has 110 valence electrons. The molecule has 0 aliphatic heterocycles. The molecule has 0 amide bonds. The van der Waals surface area contributed by atoms with E-state index in [0.29, 0.717) is 0 Å². The van der Waals surface area contributed by atoms with Crippen molar-refractivity contribution >= 4 is 0 Å². The summed E-state index contributed by atoms with van der Waals surface area (Å²) in [4.78, 5) is 0. The van der Waals surface area contributed by atoms with Gasteiger partial charge in [0.25, 0.3) is 0 Å². The minimum absolute atomic E-state index is 1.16. The highest BCUT2D eigenvalue weighted by molar-refractivity contribution is 5.09. The predicted molar refractivity (Wildman–Crippen MR) is 85.7 cm³/mol. The molecule has 0 saturated carbocycles. The molecule has 1 heteroatoms. The molecule has 0 N–H and O–H groups in total. The van der Waals surface area contributed by atoms with Crippen molar-refractivity contribution in [2.75, 3.05) is 0 Å². The highest BCUT2D eigenvalue weighted by atomic mass is 14.9. The minimum atomic E-state index is 1.16. The zero-order chi connectivity index (χ0) is 13.8. The van der Waals surface area contributed by atoms with Crippen LogP contribution in [0.5, 0.6) is 0 Å². The molecular weight excluding hydrogens is 230 g/mol. The highest BCUT2D eigenvalue weighted by Gasteiger charge is 1.95. The van der Waals surface area contributed by atoms with E-state index in [4.69, 9.17) is 0 Å². The van der Waals surface area contributed by atoms with Crippen LogP contribution < -0.4 is 0 Å². The van der Waals surface area contributed by atoms with Gasteiger partial charge in [0.1, 0.15) is 0 Å². The Morgan fingerprint density at radius 1 is 0.789 bits per heavy atom. The van der Waals surface area contributed by atoms with E-state index in [-0.39, 0.29) is 0 Å². The molecule has 1 aromatic heterocycles. The number of hydrogen-bond acceptors (Lipinski definition) is 0. The quantitative estimate of drug-likeness (QED) is 0.409. The van der Waals surface area contributed by atoms with E-state index < -0.39 is 0 Å². The molecule has 0 aromatic carbocycles. The number of aryl methyl sites for hydroxylation is 2. The van der Waals surface area contributed by atoms with Crippen molar-refractivity contribution in [2.45, 2.75) is 91.0 Å². The van der Waals surface area contributed by atoms with Gasteiger partial charge in [-0.05, 0) is 24.5 Å². The summed E-state index contributed by atoms with van der Waals surface area (Å²) in [5, 5.41) is 0. The number of nitrogens with zero attached hydrogens (tertiary/aromatic N) is 1. The van der Waals surface area contributed by atoms with Gasteiger partial charge < -0.3 is 4.57 Å². The summed E-state index contributed by atoms with van der Waals surface area (Å²) in [6.45, 7) is 5.71. The molecule has 0 saturated heterocycles. The molecule has 0 bridgehead atoms. The Morgan fingerprint density at radius 2 is 1.37 bits per heavy atom. The van der Waals surface area contributed by atoms with E-state index in [0.717, 1.165) is 6.42 Å². The second-order valence-corrected chi connectivity index (χ2v) is 5.79. The Kier molecular flexibility index (Phi) is 9.57. The van der Waals surface area contributed by atoms with Gasteiger partial charge in [0.15, 0.2) is 0 Å². The van der Waals surface area contributed by atoms with Crippen LogP contribution in [-0.4, -0.2) is 4.57 Å². The number of hydrogen-bond donors (Lipinski definition) is 0. The average Bonchev–Trinajstić information content (AvgIpc) is 2.89. The van der Waals surface area contributed by atoms with E-state index in [1.165, 1.54) is 76.3 Å². The van der Waals surface area contributed by atoms with Crippen molar-refractivity contribution in [2.24, 2.45) is 0 Å². The van der Waals surface area contributed by atoms with Crippen LogP contribution in [0.2, 0.25) is 0 Å². The molecule has 1 heterocycles. The van der Waals surface area contributed by atoms with Crippen molar-refractivity contribution in [3.63, 3.8) is 0 Å². The summed E-state index contributed by atoms with van der Waals surface area (Å²) >= 11 is 0. The lowest BCUT2D eigenvalue weighted by Gasteiger charge is -2.04. The Morgan fingerprint density at radius 3 is 1.89 bits per heavy atom. The van der Waals surface area contributed by atoms with Crippen LogP contribution >= 0.6 is 0 Å². The zero-order valence-electron chi connectivity index (χ0n) is 13.2. The summed E-state index contributed by atoms with van der Waals surface area (Å²) in [7, 11) is 0. The topological polar surface area (TPSA) is 4.93 Å². The molecular formula is C18H33N. The maximum Gasteiger partial charge on any atom is 0.0219 e. The van der Waals surface area contributed by atoms with Crippen LogP contribution in [0.15, 0.2) is 18.5 Å². The normalized spacial score (nSPS) is 11.1. The summed E-state index contributed by atoms with van der Waals surface area (Å²) in [6, 6.07) is 2.25. The Balaban J connectivity index is 1.86. The van der Waals surface area contributed by atoms with Crippen LogP contribution in [-0.2, 0) is 13.0 Å². The van der Waals surface area contributed by atoms with Crippen molar-refractivity contribution in [3.05, 3.63) is 24.0 Å². The van der Waals surface area contributed by atoms with Crippen molar-refractivity contribution < 1.29 is 0 Å². The van der Waals surface area contributed by atoms with Crippen LogP contribution in [0, 0.1) is 0 Å². The molecule has 1 rings (SSSR count). The molecule has 1 aromatic rings. The lowest BCUT2D eigenvalue weighted by atomic mass is 10.1. The third-order valence-electron chi connectivity index (χ3n) is 3.99. The van der Waals surface area contributed by atoms with Gasteiger partial charge in [0, 0.05) is 18.9 Å². The highest BCUT2D eigenvalue weighted by Crippen LogP contribution is 2.11. The molecule has 1 nitrogen and oxygen atoms in total. The lowest BCUT2D eigenvalue weighted by molar-refractivity contribution is 0.535. The third kappa shape index (κ3) is 8.13. The standard InChI is InChI=1S/C18H33N/c1-3-5-6-7-8-9-10-11-12-13-15-19-16-14-18(4-2)17-19/h14,16-17H,3-13,15H2,1-2H3. The average molecular weight is 263 g/mol. The molecule has 19 heavy (non-hydrogen) atoms. The van der Waals surface area contributed by atoms with Gasteiger partial charge in [0.2, 0.25) is 0 Å². The lowest BCUT2D eigenvalue weighted by Crippen LogP contribution is -1.94. The van der Waals surface area contributed by atoms with Gasteiger partial charge in [-0.1, -0.05) is 71.6 Å². The molecule has 0 unspecified atom stereocenters. The third-order valence-corrected chi connectivity index (χ3v) is 3.99. The maximum absolute atomic E-state index is 2.35. The van der Waals surface area contributed by atoms with Crippen molar-refractivity contribution in [1.82, 2.24) is 4.57 Å². The maximum atomic E-state index is 2.35. The minimum Gasteiger partial charge on any atom is -0.354 e. The summed E-state index contributed by atoms with van der Waals surface area (Å²) in [5.74, 6) is 0. The molecule has 0 radical (unpaired) electrons. The van der Waals surface area contributed by atoms with E-state index in [2.05, 4.69) is 36.9 Å². The molecule has 0 atom stereocenters. The second-order valence-electron chi connectivity index (χ2n) is 5.79. The Labute approximate surface area is 120 Å².